The van der Waals surface area contributed by atoms with E-state index in [0.717, 1.165) is 33.8 Å². The first-order valence-electron chi connectivity index (χ1n) is 14.0. The Balaban J connectivity index is 1.51. The minimum Gasteiger partial charge on any atom is -0.349 e. The van der Waals surface area contributed by atoms with Gasteiger partial charge in [0.05, 0.1) is 5.69 Å². The fourth-order valence-corrected chi connectivity index (χ4v) is 4.43. The van der Waals surface area contributed by atoms with Gasteiger partial charge < -0.3 is 16.0 Å². The maximum Gasteiger partial charge on any atom is 0.255 e. The summed E-state index contributed by atoms with van der Waals surface area (Å²) in [6.45, 7) is 14.4. The summed E-state index contributed by atoms with van der Waals surface area (Å²) in [7, 11) is 0. The molecular formula is C34H39N5O2. The largest absolute Gasteiger partial charge is 0.349 e. The fraction of sp³-hybridized carbons (Fsp3) is 0.294. The summed E-state index contributed by atoms with van der Waals surface area (Å²) in [5.74, 6) is 0.549. The van der Waals surface area contributed by atoms with Crippen molar-refractivity contribution < 1.29 is 9.59 Å². The minimum absolute atomic E-state index is 0.0889. The normalized spacial score (nSPS) is 12.1. The highest BCUT2D eigenvalue weighted by Crippen LogP contribution is 2.30. The van der Waals surface area contributed by atoms with Crippen LogP contribution in [0, 0.1) is 12.8 Å². The van der Waals surface area contributed by atoms with Gasteiger partial charge in [-0.05, 0) is 78.8 Å². The van der Waals surface area contributed by atoms with Crippen LogP contribution in [0.15, 0.2) is 79.0 Å². The second-order valence-electron chi connectivity index (χ2n) is 11.7. The Labute approximate surface area is 242 Å². The van der Waals surface area contributed by atoms with E-state index in [0.29, 0.717) is 23.0 Å². The molecule has 7 nitrogen and oxygen atoms in total. The van der Waals surface area contributed by atoms with Crippen LogP contribution in [0.3, 0.4) is 0 Å². The summed E-state index contributed by atoms with van der Waals surface area (Å²) in [4.78, 5) is 34.9. The monoisotopic (exact) mass is 549 g/mol. The van der Waals surface area contributed by atoms with Crippen LogP contribution in [0.2, 0.25) is 0 Å². The first kappa shape index (κ1) is 29.5. The molecule has 212 valence electrons. The highest BCUT2D eigenvalue weighted by atomic mass is 16.2. The zero-order valence-corrected chi connectivity index (χ0v) is 24.9. The predicted molar refractivity (Wildman–Crippen MR) is 167 cm³/mol. The average Bonchev–Trinajstić information content (AvgIpc) is 2.94. The van der Waals surface area contributed by atoms with Crippen molar-refractivity contribution in [3.63, 3.8) is 0 Å². The first-order chi connectivity index (χ1) is 19.4. The molecule has 0 aliphatic carbocycles. The van der Waals surface area contributed by atoms with E-state index in [-0.39, 0.29) is 23.3 Å². The molecule has 1 aromatic heterocycles. The van der Waals surface area contributed by atoms with E-state index in [4.69, 9.17) is 4.98 Å². The van der Waals surface area contributed by atoms with Gasteiger partial charge in [-0.1, -0.05) is 65.0 Å². The van der Waals surface area contributed by atoms with Gasteiger partial charge in [-0.3, -0.25) is 9.59 Å². The number of nitrogens with zero attached hydrogens (tertiary/aromatic N) is 2. The van der Waals surface area contributed by atoms with Gasteiger partial charge in [0.15, 0.2) is 0 Å². The highest BCUT2D eigenvalue weighted by molar-refractivity contribution is 6.06. The highest BCUT2D eigenvalue weighted by Gasteiger charge is 2.22. The third-order valence-corrected chi connectivity index (χ3v) is 7.26. The molecule has 1 atom stereocenters. The van der Waals surface area contributed by atoms with Crippen molar-refractivity contribution in [3.8, 4) is 11.3 Å². The Morgan fingerprint density at radius 2 is 1.54 bits per heavy atom. The summed E-state index contributed by atoms with van der Waals surface area (Å²) < 4.78 is 0. The van der Waals surface area contributed by atoms with Crippen molar-refractivity contribution in [2.75, 3.05) is 10.6 Å². The van der Waals surface area contributed by atoms with Crippen molar-refractivity contribution in [1.29, 1.82) is 0 Å². The predicted octanol–water partition coefficient (Wildman–Crippen LogP) is 7.52. The van der Waals surface area contributed by atoms with Crippen molar-refractivity contribution in [2.24, 2.45) is 5.92 Å². The molecular weight excluding hydrogens is 510 g/mol. The number of rotatable bonds is 8. The molecule has 2 amide bonds. The summed E-state index contributed by atoms with van der Waals surface area (Å²) in [5, 5.41) is 9.35. The molecule has 7 heteroatoms. The van der Waals surface area contributed by atoms with Crippen LogP contribution in [-0.4, -0.2) is 27.8 Å². The number of carbonyl (C=O) groups excluding carboxylic acids is 2. The number of hydrogen-bond donors (Lipinski definition) is 3. The average molecular weight is 550 g/mol. The van der Waals surface area contributed by atoms with E-state index in [1.165, 1.54) is 0 Å². The lowest BCUT2D eigenvalue weighted by atomic mass is 9.83. The van der Waals surface area contributed by atoms with Crippen LogP contribution in [0.4, 0.5) is 17.3 Å². The molecule has 0 saturated carbocycles. The Kier molecular flexibility index (Phi) is 8.86. The Morgan fingerprint density at radius 3 is 2.22 bits per heavy atom. The molecule has 0 bridgehead atoms. The minimum atomic E-state index is -0.158. The maximum absolute atomic E-state index is 13.3. The van der Waals surface area contributed by atoms with Gasteiger partial charge in [0, 0.05) is 40.3 Å². The number of hydrogen-bond acceptors (Lipinski definition) is 5. The van der Waals surface area contributed by atoms with E-state index >= 15 is 0 Å². The summed E-state index contributed by atoms with van der Waals surface area (Å²) in [6, 6.07) is 22.7. The fourth-order valence-electron chi connectivity index (χ4n) is 4.43. The number of aromatic nitrogens is 2. The van der Waals surface area contributed by atoms with E-state index < -0.39 is 0 Å². The van der Waals surface area contributed by atoms with Gasteiger partial charge in [-0.15, -0.1) is 0 Å². The molecule has 0 spiro atoms. The SMILES string of the molecule is Cc1c(NC(=O)c2ccccc2C(C)(C)C)cccc1-c1ccnc(Nc2ccc(C(=O)NC(C)C(C)C)cc2)n1. The molecule has 0 saturated heterocycles. The van der Waals surface area contributed by atoms with Crippen LogP contribution < -0.4 is 16.0 Å². The van der Waals surface area contributed by atoms with Gasteiger partial charge in [0.25, 0.3) is 11.8 Å². The summed E-state index contributed by atoms with van der Waals surface area (Å²) in [6.07, 6.45) is 1.70. The lowest BCUT2D eigenvalue weighted by molar-refractivity contribution is 0.0930. The summed E-state index contributed by atoms with van der Waals surface area (Å²) in [5.41, 5.74) is 6.12. The van der Waals surface area contributed by atoms with E-state index in [1.54, 1.807) is 18.3 Å². The second kappa shape index (κ2) is 12.3. The molecule has 3 N–H and O–H groups in total. The second-order valence-corrected chi connectivity index (χ2v) is 11.7. The lowest BCUT2D eigenvalue weighted by Crippen LogP contribution is -2.36. The zero-order chi connectivity index (χ0) is 29.7. The maximum atomic E-state index is 13.3. The molecule has 4 rings (SSSR count). The molecule has 41 heavy (non-hydrogen) atoms. The zero-order valence-electron chi connectivity index (χ0n) is 24.9. The Hall–Kier alpha value is -4.52. The van der Waals surface area contributed by atoms with Crippen LogP contribution in [0.1, 0.15) is 73.4 Å². The van der Waals surface area contributed by atoms with Crippen LogP contribution in [0.5, 0.6) is 0 Å². The van der Waals surface area contributed by atoms with Crippen molar-refractivity contribution >= 4 is 29.1 Å². The van der Waals surface area contributed by atoms with Crippen molar-refractivity contribution in [3.05, 3.63) is 101 Å². The first-order valence-corrected chi connectivity index (χ1v) is 14.0. The smallest absolute Gasteiger partial charge is 0.255 e. The van der Waals surface area contributed by atoms with Gasteiger partial charge in [-0.25, -0.2) is 9.97 Å². The molecule has 4 aromatic rings. The van der Waals surface area contributed by atoms with Gasteiger partial charge in [0.2, 0.25) is 5.95 Å². The lowest BCUT2D eigenvalue weighted by Gasteiger charge is -2.22. The van der Waals surface area contributed by atoms with Crippen molar-refractivity contribution in [1.82, 2.24) is 15.3 Å². The summed E-state index contributed by atoms with van der Waals surface area (Å²) >= 11 is 0. The Morgan fingerprint density at radius 1 is 0.829 bits per heavy atom. The number of amides is 2. The number of carbonyl (C=O) groups is 2. The van der Waals surface area contributed by atoms with E-state index in [1.807, 2.05) is 74.5 Å². The molecule has 3 aromatic carbocycles. The van der Waals surface area contributed by atoms with Crippen LogP contribution >= 0.6 is 0 Å². The third kappa shape index (κ3) is 7.17. The van der Waals surface area contributed by atoms with Gasteiger partial charge >= 0.3 is 0 Å². The van der Waals surface area contributed by atoms with Gasteiger partial charge in [0.1, 0.15) is 0 Å². The van der Waals surface area contributed by atoms with Crippen LogP contribution in [0.25, 0.3) is 11.3 Å². The number of anilines is 3. The number of nitrogens with one attached hydrogen (secondary N) is 3. The topological polar surface area (TPSA) is 96.0 Å². The molecule has 0 radical (unpaired) electrons. The van der Waals surface area contributed by atoms with Crippen LogP contribution in [-0.2, 0) is 5.41 Å². The quantitative estimate of drug-likeness (QED) is 0.211. The molecule has 0 aliphatic rings. The van der Waals surface area contributed by atoms with Gasteiger partial charge in [-0.2, -0.15) is 0 Å². The molecule has 0 fully saturated rings. The Bertz CT molecular complexity index is 1540. The molecule has 0 aliphatic heterocycles. The third-order valence-electron chi connectivity index (χ3n) is 7.26. The molecule has 1 unspecified atom stereocenters. The number of benzene rings is 3. The van der Waals surface area contributed by atoms with Crippen molar-refractivity contribution in [2.45, 2.75) is 59.9 Å². The standard InChI is InChI=1S/C34H39N5O2/c1-21(2)23(4)36-31(40)24-15-17-25(18-16-24)37-33-35-20-19-30(39-33)26-12-10-14-29(22(26)3)38-32(41)27-11-8-9-13-28(27)34(5,6)7/h8-21,23H,1-7H3,(H,36,40)(H,38,41)(H,35,37,39). The van der Waals surface area contributed by atoms with E-state index in [2.05, 4.69) is 55.6 Å². The van der Waals surface area contributed by atoms with E-state index in [9.17, 15) is 9.59 Å². The molecule has 1 heterocycles.